The van der Waals surface area contributed by atoms with Crippen LogP contribution in [0.4, 0.5) is 4.39 Å². The van der Waals surface area contributed by atoms with Crippen LogP contribution >= 0.6 is 0 Å². The summed E-state index contributed by atoms with van der Waals surface area (Å²) in [4.78, 5) is 22.2. The van der Waals surface area contributed by atoms with Crippen LogP contribution in [0.3, 0.4) is 0 Å². The predicted octanol–water partition coefficient (Wildman–Crippen LogP) is 3.75. The van der Waals surface area contributed by atoms with Gasteiger partial charge in [0.1, 0.15) is 5.82 Å². The molecule has 5 nitrogen and oxygen atoms in total. The Morgan fingerprint density at radius 1 is 1.03 bits per heavy atom. The summed E-state index contributed by atoms with van der Waals surface area (Å²) in [6.07, 6.45) is 1.02. The summed E-state index contributed by atoms with van der Waals surface area (Å²) in [5.74, 6) is 0.339. The molecule has 0 saturated carbocycles. The summed E-state index contributed by atoms with van der Waals surface area (Å²) in [5.41, 5.74) is 4.91. The number of aryl methyl sites for hydroxylation is 2. The molecule has 2 saturated heterocycles. The average molecular weight is 467 g/mol. The molecular weight excluding hydrogens is 427 g/mol. The number of halogens is 1. The van der Waals surface area contributed by atoms with Crippen LogP contribution in [0.15, 0.2) is 36.4 Å². The Bertz CT molecular complexity index is 1000. The summed E-state index contributed by atoms with van der Waals surface area (Å²) in [7, 11) is 6.36. The lowest BCUT2D eigenvalue weighted by Crippen LogP contribution is -2.35. The van der Waals surface area contributed by atoms with E-state index in [0.29, 0.717) is 18.5 Å². The third-order valence-electron chi connectivity index (χ3n) is 7.68. The molecule has 2 aromatic rings. The fourth-order valence-electron chi connectivity index (χ4n) is 5.51. The number of nitrogens with zero attached hydrogens (tertiary/aromatic N) is 4. The summed E-state index contributed by atoms with van der Waals surface area (Å²) in [6.45, 7) is 10.0. The number of rotatable bonds is 5. The van der Waals surface area contributed by atoms with E-state index in [2.05, 4.69) is 54.9 Å². The van der Waals surface area contributed by atoms with Gasteiger partial charge < -0.3 is 14.7 Å². The molecule has 2 aliphatic rings. The highest BCUT2D eigenvalue weighted by molar-refractivity contribution is 5.95. The number of amides is 1. The Morgan fingerprint density at radius 3 is 2.53 bits per heavy atom. The van der Waals surface area contributed by atoms with Crippen molar-refractivity contribution in [3.05, 3.63) is 70.0 Å². The van der Waals surface area contributed by atoms with Gasteiger partial charge in [0.15, 0.2) is 0 Å². The molecule has 0 radical (unpaired) electrons. The smallest absolute Gasteiger partial charge is 0.254 e. The summed E-state index contributed by atoms with van der Waals surface area (Å²) in [5, 5.41) is 0. The molecular formula is C28H39FN4O. The molecule has 34 heavy (non-hydrogen) atoms. The Kier molecular flexibility index (Phi) is 7.70. The maximum atomic E-state index is 14.5. The van der Waals surface area contributed by atoms with Crippen LogP contribution in [-0.4, -0.2) is 92.0 Å². The first-order valence-corrected chi connectivity index (χ1v) is 12.5. The SMILES string of the molecule is Cc1cc([C@H]2CN(Cc3c(C)cccc3F)C[C@@H]2N(C)C)ccc1C(=O)N1CCCN(C)CC1. The topological polar surface area (TPSA) is 30.0 Å². The molecule has 4 rings (SSSR count). The summed E-state index contributed by atoms with van der Waals surface area (Å²) < 4.78 is 14.5. The molecule has 0 aliphatic carbocycles. The molecule has 0 spiro atoms. The quantitative estimate of drug-likeness (QED) is 0.672. The lowest BCUT2D eigenvalue weighted by Gasteiger charge is -2.26. The van der Waals surface area contributed by atoms with Crippen LogP contribution in [0, 0.1) is 19.7 Å². The van der Waals surface area contributed by atoms with Crippen LogP contribution in [0.5, 0.6) is 0 Å². The second-order valence-corrected chi connectivity index (χ2v) is 10.4. The van der Waals surface area contributed by atoms with Gasteiger partial charge in [0, 0.05) is 62.4 Å². The molecule has 184 valence electrons. The molecule has 2 aliphatic heterocycles. The molecule has 2 aromatic carbocycles. The summed E-state index contributed by atoms with van der Waals surface area (Å²) in [6, 6.07) is 12.0. The van der Waals surface area contributed by atoms with Gasteiger partial charge in [-0.05, 0) is 76.8 Å². The Labute approximate surface area is 204 Å². The van der Waals surface area contributed by atoms with E-state index in [1.165, 1.54) is 5.56 Å². The number of carbonyl (C=O) groups is 1. The van der Waals surface area contributed by atoms with E-state index >= 15 is 0 Å². The second kappa shape index (κ2) is 10.5. The highest BCUT2D eigenvalue weighted by Gasteiger charge is 2.36. The number of carbonyl (C=O) groups excluding carboxylic acids is 1. The highest BCUT2D eigenvalue weighted by Crippen LogP contribution is 2.33. The first kappa shape index (κ1) is 24.8. The monoisotopic (exact) mass is 466 g/mol. The summed E-state index contributed by atoms with van der Waals surface area (Å²) >= 11 is 0. The molecule has 0 bridgehead atoms. The highest BCUT2D eigenvalue weighted by atomic mass is 19.1. The zero-order chi connectivity index (χ0) is 24.4. The van der Waals surface area contributed by atoms with Crippen LogP contribution < -0.4 is 0 Å². The van der Waals surface area contributed by atoms with Gasteiger partial charge in [-0.2, -0.15) is 0 Å². The fraction of sp³-hybridized carbons (Fsp3) is 0.536. The van der Waals surface area contributed by atoms with Gasteiger partial charge in [0.2, 0.25) is 0 Å². The van der Waals surface area contributed by atoms with Gasteiger partial charge in [0.05, 0.1) is 0 Å². The van der Waals surface area contributed by atoms with Crippen molar-refractivity contribution >= 4 is 5.91 Å². The maximum absolute atomic E-state index is 14.5. The molecule has 6 heteroatoms. The van der Waals surface area contributed by atoms with Gasteiger partial charge in [-0.3, -0.25) is 9.69 Å². The molecule has 0 aromatic heterocycles. The van der Waals surface area contributed by atoms with Gasteiger partial charge in [-0.1, -0.05) is 24.3 Å². The van der Waals surface area contributed by atoms with Crippen LogP contribution in [-0.2, 0) is 6.54 Å². The lowest BCUT2D eigenvalue weighted by atomic mass is 9.91. The molecule has 0 N–H and O–H groups in total. The zero-order valence-corrected chi connectivity index (χ0v) is 21.4. The van der Waals surface area contributed by atoms with Crippen molar-refractivity contribution in [1.82, 2.24) is 19.6 Å². The first-order chi connectivity index (χ1) is 16.2. The van der Waals surface area contributed by atoms with Crippen molar-refractivity contribution in [2.24, 2.45) is 0 Å². The molecule has 0 unspecified atom stereocenters. The van der Waals surface area contributed by atoms with Crippen molar-refractivity contribution < 1.29 is 9.18 Å². The van der Waals surface area contributed by atoms with E-state index in [1.54, 1.807) is 12.1 Å². The number of hydrogen-bond donors (Lipinski definition) is 0. The fourth-order valence-corrected chi connectivity index (χ4v) is 5.51. The third-order valence-corrected chi connectivity index (χ3v) is 7.68. The number of likely N-dealkylation sites (N-methyl/N-ethyl adjacent to an activating group) is 2. The number of benzene rings is 2. The van der Waals surface area contributed by atoms with Gasteiger partial charge in [-0.15, -0.1) is 0 Å². The Morgan fingerprint density at radius 2 is 1.82 bits per heavy atom. The minimum Gasteiger partial charge on any atom is -0.337 e. The van der Waals surface area contributed by atoms with Crippen LogP contribution in [0.1, 0.15) is 45.0 Å². The van der Waals surface area contributed by atoms with Crippen molar-refractivity contribution in [2.45, 2.75) is 38.8 Å². The second-order valence-electron chi connectivity index (χ2n) is 10.4. The van der Waals surface area contributed by atoms with Crippen LogP contribution in [0.2, 0.25) is 0 Å². The number of likely N-dealkylation sites (tertiary alicyclic amines) is 1. The number of hydrogen-bond acceptors (Lipinski definition) is 4. The van der Waals surface area contributed by atoms with E-state index in [-0.39, 0.29) is 11.7 Å². The van der Waals surface area contributed by atoms with E-state index in [1.807, 2.05) is 24.0 Å². The molecule has 2 heterocycles. The molecule has 2 atom stereocenters. The zero-order valence-electron chi connectivity index (χ0n) is 21.4. The third kappa shape index (κ3) is 5.35. The van der Waals surface area contributed by atoms with Gasteiger partial charge >= 0.3 is 0 Å². The predicted molar refractivity (Wildman–Crippen MR) is 136 cm³/mol. The minimum absolute atomic E-state index is 0.122. The van der Waals surface area contributed by atoms with Gasteiger partial charge in [0.25, 0.3) is 5.91 Å². The van der Waals surface area contributed by atoms with Gasteiger partial charge in [-0.25, -0.2) is 4.39 Å². The first-order valence-electron chi connectivity index (χ1n) is 12.5. The standard InChI is InChI=1S/C28H39FN4O/c1-20-8-6-9-26(29)24(20)17-32-18-25(27(19-32)30(3)4)22-10-11-23(21(2)16-22)28(34)33-13-7-12-31(5)14-15-33/h6,8-11,16,25,27H,7,12-15,17-19H2,1-5H3/t25-,27+/m1/s1. The van der Waals surface area contributed by atoms with Crippen LogP contribution in [0.25, 0.3) is 0 Å². The lowest BCUT2D eigenvalue weighted by molar-refractivity contribution is 0.0762. The largest absolute Gasteiger partial charge is 0.337 e. The van der Waals surface area contributed by atoms with Crippen molar-refractivity contribution in [3.8, 4) is 0 Å². The Balaban J connectivity index is 1.52. The van der Waals surface area contributed by atoms with Crippen molar-refractivity contribution in [1.29, 1.82) is 0 Å². The van der Waals surface area contributed by atoms with Crippen molar-refractivity contribution in [2.75, 3.05) is 60.4 Å². The maximum Gasteiger partial charge on any atom is 0.254 e. The normalized spacial score (nSPS) is 22.4. The minimum atomic E-state index is -0.122. The average Bonchev–Trinajstić information content (AvgIpc) is 3.10. The van der Waals surface area contributed by atoms with E-state index < -0.39 is 0 Å². The molecule has 1 amide bonds. The van der Waals surface area contributed by atoms with E-state index in [9.17, 15) is 9.18 Å². The van der Waals surface area contributed by atoms with E-state index in [0.717, 1.165) is 67.9 Å². The Hall–Kier alpha value is -2.28. The van der Waals surface area contributed by atoms with E-state index in [4.69, 9.17) is 0 Å². The molecule has 2 fully saturated rings. The van der Waals surface area contributed by atoms with Crippen molar-refractivity contribution in [3.63, 3.8) is 0 Å².